The normalized spacial score (nSPS) is 17.7. The highest BCUT2D eigenvalue weighted by molar-refractivity contribution is 6.00. The Morgan fingerprint density at radius 3 is 2.62 bits per heavy atom. The molecule has 5 heteroatoms. The fourth-order valence-corrected chi connectivity index (χ4v) is 4.56. The van der Waals surface area contributed by atoms with Gasteiger partial charge < -0.3 is 10.6 Å². The highest BCUT2D eigenvalue weighted by Crippen LogP contribution is 2.25. The van der Waals surface area contributed by atoms with Gasteiger partial charge in [0.2, 0.25) is 5.91 Å². The van der Waals surface area contributed by atoms with Crippen LogP contribution in [0.1, 0.15) is 53.7 Å². The number of nitrogens with one attached hydrogen (secondary N) is 2. The standard InChI is InChI=1S/C27H31N3O2/c1-18-14-15-21(29-27(32)25-13-6-7-16-30(25)3)17-24(18)26(31)28-19(2)22-12-8-10-20-9-4-5-11-23(20)22/h4-5,8-12,14-15,17,19,25H,6-7,13,16H2,1-3H3,(H,28,31)(H,29,32)/t19-,25?/m1/s1. The summed E-state index contributed by atoms with van der Waals surface area (Å²) in [7, 11) is 1.99. The third-order valence-electron chi connectivity index (χ3n) is 6.46. The van der Waals surface area contributed by atoms with E-state index in [0.717, 1.165) is 47.7 Å². The number of nitrogens with zero attached hydrogens (tertiary/aromatic N) is 1. The highest BCUT2D eigenvalue weighted by Gasteiger charge is 2.26. The number of likely N-dealkylation sites (N-methyl/N-ethyl adjacent to an activating group) is 1. The average molecular weight is 430 g/mol. The number of hydrogen-bond donors (Lipinski definition) is 2. The minimum atomic E-state index is -0.151. The second-order valence-corrected chi connectivity index (χ2v) is 8.77. The largest absolute Gasteiger partial charge is 0.345 e. The number of fused-ring (bicyclic) bond motifs is 1. The molecule has 1 unspecified atom stereocenters. The van der Waals surface area contributed by atoms with Gasteiger partial charge in [0.15, 0.2) is 0 Å². The number of likely N-dealkylation sites (tertiary alicyclic amines) is 1. The van der Waals surface area contributed by atoms with Gasteiger partial charge in [0, 0.05) is 11.3 Å². The second-order valence-electron chi connectivity index (χ2n) is 8.77. The average Bonchev–Trinajstić information content (AvgIpc) is 2.80. The Morgan fingerprint density at radius 2 is 1.81 bits per heavy atom. The predicted octanol–water partition coefficient (Wildman–Crippen LogP) is 5.06. The van der Waals surface area contributed by atoms with Crippen molar-refractivity contribution in [3.05, 3.63) is 77.4 Å². The highest BCUT2D eigenvalue weighted by atomic mass is 16.2. The number of carbonyl (C=O) groups excluding carboxylic acids is 2. The van der Waals surface area contributed by atoms with Crippen LogP contribution in [0.3, 0.4) is 0 Å². The van der Waals surface area contributed by atoms with Gasteiger partial charge in [-0.1, -0.05) is 55.0 Å². The Hall–Kier alpha value is -3.18. The Labute approximate surface area is 189 Å². The molecular formula is C27H31N3O2. The van der Waals surface area contributed by atoms with Gasteiger partial charge in [-0.3, -0.25) is 14.5 Å². The van der Waals surface area contributed by atoms with Crippen LogP contribution in [0.5, 0.6) is 0 Å². The predicted molar refractivity (Wildman–Crippen MR) is 130 cm³/mol. The van der Waals surface area contributed by atoms with Gasteiger partial charge in [0.25, 0.3) is 5.91 Å². The smallest absolute Gasteiger partial charge is 0.252 e. The van der Waals surface area contributed by atoms with E-state index >= 15 is 0 Å². The number of rotatable bonds is 5. The van der Waals surface area contributed by atoms with Crippen molar-refractivity contribution in [1.29, 1.82) is 0 Å². The lowest BCUT2D eigenvalue weighted by atomic mass is 9.99. The molecule has 166 valence electrons. The first-order chi connectivity index (χ1) is 15.4. The molecule has 1 saturated heterocycles. The van der Waals surface area contributed by atoms with Crippen molar-refractivity contribution in [2.45, 2.75) is 45.2 Å². The van der Waals surface area contributed by atoms with Crippen LogP contribution in [0.4, 0.5) is 5.69 Å². The van der Waals surface area contributed by atoms with Gasteiger partial charge in [0.1, 0.15) is 0 Å². The molecule has 1 fully saturated rings. The molecule has 3 aromatic rings. The monoisotopic (exact) mass is 429 g/mol. The summed E-state index contributed by atoms with van der Waals surface area (Å²) in [5.41, 5.74) is 3.19. The Morgan fingerprint density at radius 1 is 1.03 bits per heavy atom. The fourth-order valence-electron chi connectivity index (χ4n) is 4.56. The third kappa shape index (κ3) is 4.68. The SMILES string of the molecule is Cc1ccc(NC(=O)C2CCCCN2C)cc1C(=O)N[C@H](C)c1cccc2ccccc12. The van der Waals surface area contributed by atoms with Crippen molar-refractivity contribution in [3.63, 3.8) is 0 Å². The number of anilines is 1. The van der Waals surface area contributed by atoms with Crippen LogP contribution >= 0.6 is 0 Å². The zero-order chi connectivity index (χ0) is 22.7. The van der Waals surface area contributed by atoms with Crippen molar-refractivity contribution in [2.75, 3.05) is 18.9 Å². The molecule has 0 saturated carbocycles. The van der Waals surface area contributed by atoms with E-state index in [1.807, 2.05) is 51.2 Å². The van der Waals surface area contributed by atoms with Crippen molar-refractivity contribution in [2.24, 2.45) is 0 Å². The van der Waals surface area contributed by atoms with Gasteiger partial charge in [-0.25, -0.2) is 0 Å². The number of aryl methyl sites for hydroxylation is 1. The minimum absolute atomic E-state index is 0.00784. The summed E-state index contributed by atoms with van der Waals surface area (Å²) in [4.78, 5) is 28.0. The van der Waals surface area contributed by atoms with Crippen LogP contribution in [0.25, 0.3) is 10.8 Å². The molecule has 0 spiro atoms. The summed E-state index contributed by atoms with van der Waals surface area (Å²) in [5, 5.41) is 8.44. The zero-order valence-electron chi connectivity index (χ0n) is 19.0. The maximum absolute atomic E-state index is 13.1. The van der Waals surface area contributed by atoms with Gasteiger partial charge in [-0.2, -0.15) is 0 Å². The summed E-state index contributed by atoms with van der Waals surface area (Å²) in [6, 6.07) is 19.6. The first kappa shape index (κ1) is 22.0. The Kier molecular flexibility index (Phi) is 6.56. The molecule has 2 N–H and O–H groups in total. The van der Waals surface area contributed by atoms with Crippen LogP contribution in [-0.2, 0) is 4.79 Å². The maximum atomic E-state index is 13.1. The molecule has 4 rings (SSSR count). The van der Waals surface area contributed by atoms with Crippen LogP contribution < -0.4 is 10.6 Å². The van der Waals surface area contributed by atoms with E-state index in [9.17, 15) is 9.59 Å². The lowest BCUT2D eigenvalue weighted by molar-refractivity contribution is -0.121. The summed E-state index contributed by atoms with van der Waals surface area (Å²) in [6.07, 6.45) is 3.06. The lowest BCUT2D eigenvalue weighted by Gasteiger charge is -2.31. The maximum Gasteiger partial charge on any atom is 0.252 e. The molecule has 0 radical (unpaired) electrons. The molecule has 2 amide bonds. The van der Waals surface area contributed by atoms with Crippen molar-refractivity contribution >= 4 is 28.3 Å². The Bertz CT molecular complexity index is 1140. The van der Waals surface area contributed by atoms with Gasteiger partial charge in [0.05, 0.1) is 12.1 Å². The second kappa shape index (κ2) is 9.53. The van der Waals surface area contributed by atoms with E-state index in [1.165, 1.54) is 0 Å². The van der Waals surface area contributed by atoms with E-state index in [1.54, 1.807) is 6.07 Å². The van der Waals surface area contributed by atoms with Crippen LogP contribution in [-0.4, -0.2) is 36.3 Å². The number of benzene rings is 3. The van der Waals surface area contributed by atoms with Gasteiger partial charge in [-0.05, 0) is 74.3 Å². The van der Waals surface area contributed by atoms with Crippen molar-refractivity contribution in [1.82, 2.24) is 10.2 Å². The molecule has 0 bridgehead atoms. The Balaban J connectivity index is 1.50. The molecule has 5 nitrogen and oxygen atoms in total. The van der Waals surface area contributed by atoms with E-state index < -0.39 is 0 Å². The topological polar surface area (TPSA) is 61.4 Å². The molecule has 0 aliphatic carbocycles. The first-order valence-corrected chi connectivity index (χ1v) is 11.3. The van der Waals surface area contributed by atoms with E-state index in [0.29, 0.717) is 11.3 Å². The van der Waals surface area contributed by atoms with Crippen LogP contribution in [0, 0.1) is 6.92 Å². The summed E-state index contributed by atoms with van der Waals surface area (Å²) in [5.74, 6) is -0.152. The molecule has 3 aromatic carbocycles. The molecular weight excluding hydrogens is 398 g/mol. The van der Waals surface area contributed by atoms with E-state index in [2.05, 4.69) is 39.8 Å². The molecule has 1 aliphatic rings. The number of amides is 2. The number of carbonyl (C=O) groups is 2. The molecule has 1 heterocycles. The quantitative estimate of drug-likeness (QED) is 0.596. The lowest BCUT2D eigenvalue weighted by Crippen LogP contribution is -2.44. The molecule has 32 heavy (non-hydrogen) atoms. The summed E-state index contributed by atoms with van der Waals surface area (Å²) in [6.45, 7) is 4.85. The summed E-state index contributed by atoms with van der Waals surface area (Å²) >= 11 is 0. The third-order valence-corrected chi connectivity index (χ3v) is 6.46. The van der Waals surface area contributed by atoms with E-state index in [-0.39, 0.29) is 23.9 Å². The number of hydrogen-bond acceptors (Lipinski definition) is 3. The summed E-state index contributed by atoms with van der Waals surface area (Å²) < 4.78 is 0. The number of piperidine rings is 1. The molecule has 1 aliphatic heterocycles. The van der Waals surface area contributed by atoms with E-state index in [4.69, 9.17) is 0 Å². The van der Waals surface area contributed by atoms with Gasteiger partial charge in [-0.15, -0.1) is 0 Å². The van der Waals surface area contributed by atoms with Crippen LogP contribution in [0.2, 0.25) is 0 Å². The fraction of sp³-hybridized carbons (Fsp3) is 0.333. The van der Waals surface area contributed by atoms with Gasteiger partial charge >= 0.3 is 0 Å². The minimum Gasteiger partial charge on any atom is -0.345 e. The van der Waals surface area contributed by atoms with Crippen molar-refractivity contribution in [3.8, 4) is 0 Å². The molecule has 2 atom stereocenters. The van der Waals surface area contributed by atoms with Crippen molar-refractivity contribution < 1.29 is 9.59 Å². The zero-order valence-corrected chi connectivity index (χ0v) is 19.0. The van der Waals surface area contributed by atoms with Crippen LogP contribution in [0.15, 0.2) is 60.7 Å². The first-order valence-electron chi connectivity index (χ1n) is 11.3. The molecule has 0 aromatic heterocycles.